The van der Waals surface area contributed by atoms with Gasteiger partial charge in [-0.3, -0.25) is 0 Å². The molecule has 0 radical (unpaired) electrons. The van der Waals surface area contributed by atoms with E-state index in [9.17, 15) is 8.78 Å². The highest BCUT2D eigenvalue weighted by Gasteiger charge is 2.08. The van der Waals surface area contributed by atoms with Crippen LogP contribution < -0.4 is 4.74 Å². The second-order valence-corrected chi connectivity index (χ2v) is 5.09. The van der Waals surface area contributed by atoms with Crippen molar-refractivity contribution in [1.29, 1.82) is 0 Å². The maximum Gasteiger partial charge on any atom is 0.387 e. The summed E-state index contributed by atoms with van der Waals surface area (Å²) in [5.74, 6) is 0.697. The molecule has 1 aromatic carbocycles. The van der Waals surface area contributed by atoms with Crippen LogP contribution in [0.5, 0.6) is 5.75 Å². The summed E-state index contributed by atoms with van der Waals surface area (Å²) >= 11 is 1.54. The Morgan fingerprint density at radius 1 is 1.19 bits per heavy atom. The molecule has 0 aliphatic carbocycles. The second kappa shape index (κ2) is 5.96. The smallest absolute Gasteiger partial charge is 0.387 e. The fourth-order valence-electron chi connectivity index (χ4n) is 1.75. The van der Waals surface area contributed by atoms with E-state index in [1.807, 2.05) is 17.5 Å². The molecular weight excluding hydrogens is 298 g/mol. The van der Waals surface area contributed by atoms with Gasteiger partial charge in [-0.2, -0.15) is 13.6 Å². The van der Waals surface area contributed by atoms with Crippen molar-refractivity contribution in [1.82, 2.24) is 20.2 Å². The Hall–Kier alpha value is -2.35. The highest BCUT2D eigenvalue weighted by molar-refractivity contribution is 7.13. The number of thiophene rings is 1. The standard InChI is InChI=1S/C13H10F2N4OS/c14-13(15)20-10-5-3-9(4-6-10)8-19-17-12(16-18-19)11-2-1-7-21-11/h1-7,13H,8H2. The first-order chi connectivity index (χ1) is 10.2. The van der Waals surface area contributed by atoms with Crippen LogP contribution in [-0.4, -0.2) is 26.8 Å². The van der Waals surface area contributed by atoms with E-state index in [4.69, 9.17) is 0 Å². The van der Waals surface area contributed by atoms with Crippen LogP contribution in [0.25, 0.3) is 10.7 Å². The number of hydrogen-bond acceptors (Lipinski definition) is 5. The largest absolute Gasteiger partial charge is 0.435 e. The first-order valence-corrected chi connectivity index (χ1v) is 6.94. The van der Waals surface area contributed by atoms with E-state index in [0.29, 0.717) is 12.4 Å². The topological polar surface area (TPSA) is 52.8 Å². The van der Waals surface area contributed by atoms with Crippen LogP contribution in [0, 0.1) is 0 Å². The zero-order valence-electron chi connectivity index (χ0n) is 10.7. The third-order valence-corrected chi connectivity index (χ3v) is 3.53. The fourth-order valence-corrected chi connectivity index (χ4v) is 2.40. The summed E-state index contributed by atoms with van der Waals surface area (Å²) in [5, 5.41) is 14.2. The van der Waals surface area contributed by atoms with Crippen molar-refractivity contribution in [2.45, 2.75) is 13.2 Å². The van der Waals surface area contributed by atoms with E-state index in [1.165, 1.54) is 28.3 Å². The molecule has 0 aliphatic rings. The van der Waals surface area contributed by atoms with Crippen LogP contribution in [0.4, 0.5) is 8.78 Å². The average Bonchev–Trinajstić information content (AvgIpc) is 3.11. The van der Waals surface area contributed by atoms with Gasteiger partial charge in [0.2, 0.25) is 5.82 Å². The molecule has 0 unspecified atom stereocenters. The van der Waals surface area contributed by atoms with Crippen molar-refractivity contribution in [2.24, 2.45) is 0 Å². The molecule has 0 aliphatic heterocycles. The maximum absolute atomic E-state index is 12.1. The molecule has 0 spiro atoms. The normalized spacial score (nSPS) is 11.0. The van der Waals surface area contributed by atoms with Gasteiger partial charge >= 0.3 is 6.61 Å². The van der Waals surface area contributed by atoms with Crippen molar-refractivity contribution in [3.05, 3.63) is 47.3 Å². The highest BCUT2D eigenvalue weighted by atomic mass is 32.1. The summed E-state index contributed by atoms with van der Waals surface area (Å²) in [4.78, 5) is 2.40. The fraction of sp³-hybridized carbons (Fsp3) is 0.154. The number of ether oxygens (including phenoxy) is 1. The lowest BCUT2D eigenvalue weighted by atomic mass is 10.2. The molecule has 0 fully saturated rings. The Bertz CT molecular complexity index is 697. The second-order valence-electron chi connectivity index (χ2n) is 4.14. The van der Waals surface area contributed by atoms with E-state index in [2.05, 4.69) is 20.1 Å². The number of alkyl halides is 2. The lowest BCUT2D eigenvalue weighted by Gasteiger charge is -2.05. The number of halogens is 2. The molecule has 0 saturated carbocycles. The number of benzene rings is 1. The van der Waals surface area contributed by atoms with E-state index in [0.717, 1.165) is 10.4 Å². The Balaban J connectivity index is 1.69. The first kappa shape index (κ1) is 13.6. The lowest BCUT2D eigenvalue weighted by Crippen LogP contribution is -2.05. The Labute approximate surface area is 122 Å². The van der Waals surface area contributed by atoms with Crippen molar-refractivity contribution in [3.8, 4) is 16.5 Å². The van der Waals surface area contributed by atoms with Crippen molar-refractivity contribution in [3.63, 3.8) is 0 Å². The molecule has 8 heteroatoms. The average molecular weight is 308 g/mol. The minimum Gasteiger partial charge on any atom is -0.435 e. The predicted octanol–water partition coefficient (Wildman–Crippen LogP) is 3.05. The third-order valence-electron chi connectivity index (χ3n) is 2.67. The van der Waals surface area contributed by atoms with Gasteiger partial charge in [0.1, 0.15) is 5.75 Å². The van der Waals surface area contributed by atoms with Crippen molar-refractivity contribution >= 4 is 11.3 Å². The molecule has 3 rings (SSSR count). The number of hydrogen-bond donors (Lipinski definition) is 0. The van der Waals surface area contributed by atoms with Gasteiger partial charge < -0.3 is 4.74 Å². The number of rotatable bonds is 5. The summed E-state index contributed by atoms with van der Waals surface area (Å²) < 4.78 is 28.4. The zero-order valence-corrected chi connectivity index (χ0v) is 11.5. The number of tetrazole rings is 1. The highest BCUT2D eigenvalue weighted by Crippen LogP contribution is 2.20. The Kier molecular flexibility index (Phi) is 3.87. The quantitative estimate of drug-likeness (QED) is 0.727. The first-order valence-electron chi connectivity index (χ1n) is 6.06. The molecule has 0 saturated heterocycles. The summed E-state index contributed by atoms with van der Waals surface area (Å²) in [6.07, 6.45) is 0. The van der Waals surface area contributed by atoms with Gasteiger partial charge in [0.15, 0.2) is 0 Å². The van der Waals surface area contributed by atoms with Gasteiger partial charge in [-0.1, -0.05) is 18.2 Å². The van der Waals surface area contributed by atoms with Gasteiger partial charge in [0.25, 0.3) is 0 Å². The third kappa shape index (κ3) is 3.40. The van der Waals surface area contributed by atoms with Crippen LogP contribution >= 0.6 is 11.3 Å². The van der Waals surface area contributed by atoms with Gasteiger partial charge in [-0.05, 0) is 34.4 Å². The minimum atomic E-state index is -2.82. The molecular formula is C13H10F2N4OS. The summed E-state index contributed by atoms with van der Waals surface area (Å²) in [6.45, 7) is -2.41. The predicted molar refractivity (Wildman–Crippen MR) is 73.3 cm³/mol. The monoisotopic (exact) mass is 308 g/mol. The molecule has 0 N–H and O–H groups in total. The van der Waals surface area contributed by atoms with Crippen molar-refractivity contribution in [2.75, 3.05) is 0 Å². The van der Waals surface area contributed by atoms with Crippen LogP contribution in [0.3, 0.4) is 0 Å². The molecule has 2 aromatic heterocycles. The lowest BCUT2D eigenvalue weighted by molar-refractivity contribution is -0.0498. The molecule has 5 nitrogen and oxygen atoms in total. The van der Waals surface area contributed by atoms with Crippen LogP contribution in [0.2, 0.25) is 0 Å². The Morgan fingerprint density at radius 2 is 2.00 bits per heavy atom. The van der Waals surface area contributed by atoms with E-state index in [1.54, 1.807) is 12.1 Å². The minimum absolute atomic E-state index is 0.125. The van der Waals surface area contributed by atoms with Crippen LogP contribution in [0.15, 0.2) is 41.8 Å². The molecule has 21 heavy (non-hydrogen) atoms. The number of aromatic nitrogens is 4. The molecule has 0 bridgehead atoms. The van der Waals surface area contributed by atoms with Gasteiger partial charge in [-0.15, -0.1) is 21.5 Å². The SMILES string of the molecule is FC(F)Oc1ccc(Cn2nnc(-c3cccs3)n2)cc1. The van der Waals surface area contributed by atoms with Crippen LogP contribution in [0.1, 0.15) is 5.56 Å². The number of nitrogens with zero attached hydrogens (tertiary/aromatic N) is 4. The van der Waals surface area contributed by atoms with E-state index < -0.39 is 6.61 Å². The van der Waals surface area contributed by atoms with E-state index >= 15 is 0 Å². The molecule has 2 heterocycles. The van der Waals surface area contributed by atoms with Crippen LogP contribution in [-0.2, 0) is 6.54 Å². The summed E-state index contributed by atoms with van der Waals surface area (Å²) in [6, 6.07) is 10.2. The van der Waals surface area contributed by atoms with E-state index in [-0.39, 0.29) is 5.75 Å². The zero-order chi connectivity index (χ0) is 14.7. The van der Waals surface area contributed by atoms with Gasteiger partial charge in [0, 0.05) is 0 Å². The summed E-state index contributed by atoms with van der Waals surface area (Å²) in [5.41, 5.74) is 0.867. The Morgan fingerprint density at radius 3 is 2.67 bits per heavy atom. The van der Waals surface area contributed by atoms with Crippen molar-refractivity contribution < 1.29 is 13.5 Å². The van der Waals surface area contributed by atoms with Gasteiger partial charge in [0.05, 0.1) is 11.4 Å². The molecule has 3 aromatic rings. The molecule has 0 atom stereocenters. The molecule has 108 valence electrons. The van der Waals surface area contributed by atoms with Gasteiger partial charge in [-0.25, -0.2) is 0 Å². The summed E-state index contributed by atoms with van der Waals surface area (Å²) in [7, 11) is 0. The molecule has 0 amide bonds. The maximum atomic E-state index is 12.1.